The molecule has 0 saturated carbocycles. The maximum atomic E-state index is 6.02. The summed E-state index contributed by atoms with van der Waals surface area (Å²) in [4.78, 5) is 4.43. The number of methoxy groups -OCH3 is 1. The van der Waals surface area contributed by atoms with Crippen LogP contribution in [0.2, 0.25) is 5.02 Å². The van der Waals surface area contributed by atoms with E-state index in [1.807, 2.05) is 53.2 Å². The highest BCUT2D eigenvalue weighted by Crippen LogP contribution is 2.24. The molecule has 0 atom stereocenters. The summed E-state index contributed by atoms with van der Waals surface area (Å²) in [5.74, 6) is 1.66. The van der Waals surface area contributed by atoms with E-state index in [1.165, 1.54) is 0 Å². The van der Waals surface area contributed by atoms with Crippen LogP contribution in [0, 0.1) is 0 Å². The van der Waals surface area contributed by atoms with Gasteiger partial charge in [-0.05, 0) is 24.3 Å². The van der Waals surface area contributed by atoms with Crippen LogP contribution in [0.15, 0.2) is 48.8 Å². The summed E-state index contributed by atoms with van der Waals surface area (Å²) >= 11 is 6.02. The Labute approximate surface area is 110 Å². The second-order valence-corrected chi connectivity index (χ2v) is 4.39. The highest BCUT2D eigenvalue weighted by atomic mass is 35.5. The number of halogens is 1. The van der Waals surface area contributed by atoms with Gasteiger partial charge in [0.2, 0.25) is 0 Å². The first-order valence-electron chi connectivity index (χ1n) is 5.55. The van der Waals surface area contributed by atoms with Crippen LogP contribution in [0.3, 0.4) is 0 Å². The van der Waals surface area contributed by atoms with Crippen LogP contribution >= 0.6 is 11.6 Å². The Hall–Kier alpha value is -2.00. The number of ether oxygens (including phenoxy) is 1. The van der Waals surface area contributed by atoms with Crippen molar-refractivity contribution in [1.82, 2.24) is 9.38 Å². The molecular formula is C14H11ClN2O. The predicted molar refractivity (Wildman–Crippen MR) is 72.2 cm³/mol. The van der Waals surface area contributed by atoms with Crippen molar-refractivity contribution < 1.29 is 4.74 Å². The van der Waals surface area contributed by atoms with E-state index in [9.17, 15) is 0 Å². The van der Waals surface area contributed by atoms with Crippen molar-refractivity contribution in [1.29, 1.82) is 0 Å². The number of benzene rings is 1. The quantitative estimate of drug-likeness (QED) is 0.701. The van der Waals surface area contributed by atoms with Gasteiger partial charge in [0.15, 0.2) is 0 Å². The second kappa shape index (κ2) is 4.35. The van der Waals surface area contributed by atoms with Crippen molar-refractivity contribution in [3.05, 3.63) is 53.8 Å². The summed E-state index contributed by atoms with van der Waals surface area (Å²) in [5.41, 5.74) is 2.01. The zero-order valence-electron chi connectivity index (χ0n) is 9.80. The third-order valence-corrected chi connectivity index (χ3v) is 3.04. The van der Waals surface area contributed by atoms with E-state index in [-0.39, 0.29) is 0 Å². The number of imidazole rings is 1. The average molecular weight is 259 g/mol. The molecule has 0 aliphatic carbocycles. The van der Waals surface area contributed by atoms with Gasteiger partial charge < -0.3 is 4.74 Å². The second-order valence-electron chi connectivity index (χ2n) is 3.96. The third-order valence-electron chi connectivity index (χ3n) is 2.82. The van der Waals surface area contributed by atoms with Crippen molar-refractivity contribution in [2.45, 2.75) is 0 Å². The van der Waals surface area contributed by atoms with Crippen LogP contribution in [0.1, 0.15) is 0 Å². The monoisotopic (exact) mass is 258 g/mol. The zero-order chi connectivity index (χ0) is 12.5. The molecule has 0 amide bonds. The summed E-state index contributed by atoms with van der Waals surface area (Å²) in [6.45, 7) is 0. The Morgan fingerprint density at radius 3 is 2.94 bits per heavy atom. The molecule has 3 aromatic rings. The SMILES string of the molecule is COc1cccc(-c2ncc3ccc(Cl)cn23)c1. The normalized spacial score (nSPS) is 10.8. The molecule has 0 spiro atoms. The molecule has 0 radical (unpaired) electrons. The van der Waals surface area contributed by atoms with Gasteiger partial charge in [0.05, 0.1) is 23.8 Å². The molecule has 2 heterocycles. The lowest BCUT2D eigenvalue weighted by atomic mass is 10.2. The van der Waals surface area contributed by atoms with Gasteiger partial charge >= 0.3 is 0 Å². The van der Waals surface area contributed by atoms with E-state index in [4.69, 9.17) is 16.3 Å². The minimum absolute atomic E-state index is 0.685. The molecule has 0 fully saturated rings. The number of hydrogen-bond acceptors (Lipinski definition) is 2. The van der Waals surface area contributed by atoms with Gasteiger partial charge in [-0.25, -0.2) is 4.98 Å². The van der Waals surface area contributed by atoms with Crippen molar-refractivity contribution >= 4 is 17.1 Å². The number of pyridine rings is 1. The van der Waals surface area contributed by atoms with Gasteiger partial charge in [0.1, 0.15) is 11.6 Å². The van der Waals surface area contributed by atoms with Crippen LogP contribution in [-0.4, -0.2) is 16.5 Å². The lowest BCUT2D eigenvalue weighted by molar-refractivity contribution is 0.415. The number of rotatable bonds is 2. The molecule has 3 nitrogen and oxygen atoms in total. The highest BCUT2D eigenvalue weighted by molar-refractivity contribution is 6.30. The third kappa shape index (κ3) is 1.83. The molecular weight excluding hydrogens is 248 g/mol. The lowest BCUT2D eigenvalue weighted by Gasteiger charge is -2.04. The Bertz CT molecular complexity index is 706. The topological polar surface area (TPSA) is 26.5 Å². The number of hydrogen-bond donors (Lipinski definition) is 0. The summed E-state index contributed by atoms with van der Waals surface area (Å²) in [5, 5.41) is 0.685. The molecule has 0 aliphatic rings. The molecule has 2 aromatic heterocycles. The summed E-state index contributed by atoms with van der Waals surface area (Å²) in [6, 6.07) is 11.6. The molecule has 3 rings (SSSR count). The maximum Gasteiger partial charge on any atom is 0.144 e. The van der Waals surface area contributed by atoms with Crippen LogP contribution in [0.5, 0.6) is 5.75 Å². The molecule has 90 valence electrons. The van der Waals surface area contributed by atoms with Gasteiger partial charge in [0, 0.05) is 11.8 Å². The van der Waals surface area contributed by atoms with Crippen LogP contribution in [-0.2, 0) is 0 Å². The highest BCUT2D eigenvalue weighted by Gasteiger charge is 2.07. The fourth-order valence-electron chi connectivity index (χ4n) is 1.94. The van der Waals surface area contributed by atoms with E-state index in [2.05, 4.69) is 4.98 Å². The molecule has 4 heteroatoms. The van der Waals surface area contributed by atoms with E-state index in [0.29, 0.717) is 5.02 Å². The molecule has 0 unspecified atom stereocenters. The fourth-order valence-corrected chi connectivity index (χ4v) is 2.10. The Kier molecular flexibility index (Phi) is 2.68. The van der Waals surface area contributed by atoms with Crippen molar-refractivity contribution in [3.63, 3.8) is 0 Å². The van der Waals surface area contributed by atoms with E-state index >= 15 is 0 Å². The molecule has 18 heavy (non-hydrogen) atoms. The van der Waals surface area contributed by atoms with Crippen LogP contribution in [0.4, 0.5) is 0 Å². The molecule has 1 aromatic carbocycles. The summed E-state index contributed by atoms with van der Waals surface area (Å²) in [7, 11) is 1.65. The number of aromatic nitrogens is 2. The minimum Gasteiger partial charge on any atom is -0.497 e. The number of nitrogens with zero attached hydrogens (tertiary/aromatic N) is 2. The maximum absolute atomic E-state index is 6.02. The first kappa shape index (κ1) is 11.1. The average Bonchev–Trinajstić information content (AvgIpc) is 2.81. The lowest BCUT2D eigenvalue weighted by Crippen LogP contribution is -1.90. The molecule has 0 N–H and O–H groups in total. The van der Waals surface area contributed by atoms with Gasteiger partial charge in [0.25, 0.3) is 0 Å². The zero-order valence-corrected chi connectivity index (χ0v) is 10.6. The first-order chi connectivity index (χ1) is 8.78. The standard InChI is InChI=1S/C14H11ClN2O/c1-18-13-4-2-3-10(7-13)14-16-8-12-6-5-11(15)9-17(12)14/h2-9H,1H3. The van der Waals surface area contributed by atoms with Crippen LogP contribution in [0.25, 0.3) is 16.9 Å². The molecule has 0 bridgehead atoms. The Balaban J connectivity index is 2.21. The fraction of sp³-hybridized carbons (Fsp3) is 0.0714. The van der Waals surface area contributed by atoms with E-state index < -0.39 is 0 Å². The summed E-state index contributed by atoms with van der Waals surface area (Å²) < 4.78 is 7.19. The van der Waals surface area contributed by atoms with Gasteiger partial charge in [-0.1, -0.05) is 23.7 Å². The van der Waals surface area contributed by atoms with E-state index in [0.717, 1.165) is 22.7 Å². The van der Waals surface area contributed by atoms with Gasteiger partial charge in [-0.2, -0.15) is 0 Å². The van der Waals surface area contributed by atoms with Gasteiger partial charge in [-0.15, -0.1) is 0 Å². The molecule has 0 saturated heterocycles. The van der Waals surface area contributed by atoms with Crippen molar-refractivity contribution in [3.8, 4) is 17.1 Å². The van der Waals surface area contributed by atoms with Gasteiger partial charge in [-0.3, -0.25) is 4.40 Å². The van der Waals surface area contributed by atoms with E-state index in [1.54, 1.807) is 7.11 Å². The van der Waals surface area contributed by atoms with Crippen molar-refractivity contribution in [2.24, 2.45) is 0 Å². The minimum atomic E-state index is 0.685. The van der Waals surface area contributed by atoms with Crippen LogP contribution < -0.4 is 4.74 Å². The summed E-state index contributed by atoms with van der Waals surface area (Å²) in [6.07, 6.45) is 3.68. The smallest absolute Gasteiger partial charge is 0.144 e. The first-order valence-corrected chi connectivity index (χ1v) is 5.93. The Morgan fingerprint density at radius 2 is 2.11 bits per heavy atom. The molecule has 0 aliphatic heterocycles. The van der Waals surface area contributed by atoms with Crippen molar-refractivity contribution in [2.75, 3.05) is 7.11 Å². The Morgan fingerprint density at radius 1 is 1.22 bits per heavy atom. The predicted octanol–water partition coefficient (Wildman–Crippen LogP) is 3.66. The largest absolute Gasteiger partial charge is 0.497 e. The number of fused-ring (bicyclic) bond motifs is 1.